The first-order chi connectivity index (χ1) is 17.7. The molecule has 0 saturated heterocycles. The number of carbonyl (C=O) groups excluding carboxylic acids is 1. The average Bonchev–Trinajstić information content (AvgIpc) is 3.57. The van der Waals surface area contributed by atoms with Gasteiger partial charge in [0, 0.05) is 64.0 Å². The van der Waals surface area contributed by atoms with Gasteiger partial charge in [0.2, 0.25) is 0 Å². The van der Waals surface area contributed by atoms with Crippen LogP contribution in [-0.4, -0.2) is 15.1 Å². The van der Waals surface area contributed by atoms with Crippen molar-refractivity contribution in [2.45, 2.75) is 58.2 Å². The highest BCUT2D eigenvalue weighted by Gasteiger charge is 2.51. The second kappa shape index (κ2) is 9.02. The van der Waals surface area contributed by atoms with Gasteiger partial charge < -0.3 is 13.9 Å². The van der Waals surface area contributed by atoms with E-state index in [1.54, 1.807) is 0 Å². The van der Waals surface area contributed by atoms with Crippen molar-refractivity contribution in [1.29, 1.82) is 0 Å². The van der Waals surface area contributed by atoms with Gasteiger partial charge >= 0.3 is 5.97 Å². The Hall–Kier alpha value is -3.79. The molecular weight excluding hydrogens is 444 g/mol. The zero-order chi connectivity index (χ0) is 24.7. The molecule has 0 N–H and O–H groups in total. The van der Waals surface area contributed by atoms with Crippen LogP contribution in [-0.2, 0) is 23.4 Å². The van der Waals surface area contributed by atoms with Gasteiger partial charge in [-0.25, -0.2) is 4.79 Å². The Morgan fingerprint density at radius 2 is 1.17 bits per heavy atom. The van der Waals surface area contributed by atoms with E-state index in [0.29, 0.717) is 5.56 Å². The lowest BCUT2D eigenvalue weighted by Crippen LogP contribution is -2.29. The van der Waals surface area contributed by atoms with E-state index in [1.807, 2.05) is 18.2 Å². The summed E-state index contributed by atoms with van der Waals surface area (Å²) in [6.45, 7) is 6.30. The lowest BCUT2D eigenvalue weighted by molar-refractivity contribution is 0.0259. The number of aromatic nitrogens is 2. The van der Waals surface area contributed by atoms with Crippen molar-refractivity contribution < 1.29 is 9.53 Å². The fourth-order valence-electron chi connectivity index (χ4n) is 5.84. The first kappa shape index (κ1) is 22.7. The Morgan fingerprint density at radius 3 is 1.72 bits per heavy atom. The summed E-state index contributed by atoms with van der Waals surface area (Å²) < 4.78 is 11.2. The van der Waals surface area contributed by atoms with Crippen molar-refractivity contribution >= 4 is 27.8 Å². The molecule has 0 fully saturated rings. The SMILES string of the molecule is CCCCn1cc(C2(c3cn(CCCC)c4ccccc34)OC(=O)c3ccccc32)c2ccccc21. The van der Waals surface area contributed by atoms with Crippen LogP contribution in [0.5, 0.6) is 0 Å². The minimum atomic E-state index is -1.01. The Balaban J connectivity index is 1.70. The first-order valence-electron chi connectivity index (χ1n) is 13.2. The molecule has 0 aliphatic carbocycles. The number of cyclic esters (lactones) is 1. The number of unbranched alkanes of at least 4 members (excludes halogenated alkanes) is 2. The van der Waals surface area contributed by atoms with E-state index >= 15 is 0 Å². The molecule has 0 spiro atoms. The Labute approximate surface area is 212 Å². The Bertz CT molecular complexity index is 1490. The Morgan fingerprint density at radius 1 is 0.667 bits per heavy atom. The fourth-order valence-corrected chi connectivity index (χ4v) is 5.84. The van der Waals surface area contributed by atoms with Gasteiger partial charge in [-0.1, -0.05) is 81.3 Å². The van der Waals surface area contributed by atoms with Crippen LogP contribution in [0.2, 0.25) is 0 Å². The minimum Gasteiger partial charge on any atom is -0.440 e. The molecule has 1 aliphatic rings. The van der Waals surface area contributed by atoms with Gasteiger partial charge in [0.1, 0.15) is 0 Å². The van der Waals surface area contributed by atoms with E-state index in [9.17, 15) is 4.79 Å². The molecule has 0 saturated carbocycles. The molecule has 36 heavy (non-hydrogen) atoms. The quantitative estimate of drug-likeness (QED) is 0.216. The topological polar surface area (TPSA) is 36.2 Å². The van der Waals surface area contributed by atoms with Gasteiger partial charge in [0.15, 0.2) is 5.60 Å². The smallest absolute Gasteiger partial charge is 0.340 e. The number of hydrogen-bond acceptors (Lipinski definition) is 2. The molecule has 182 valence electrons. The monoisotopic (exact) mass is 476 g/mol. The third-order valence-corrected chi connectivity index (χ3v) is 7.61. The van der Waals surface area contributed by atoms with E-state index in [2.05, 4.69) is 90.0 Å². The van der Waals surface area contributed by atoms with Crippen LogP contribution in [0, 0.1) is 0 Å². The predicted octanol–water partition coefficient (Wildman–Crippen LogP) is 7.66. The molecule has 2 aromatic heterocycles. The number of ether oxygens (including phenoxy) is 1. The van der Waals surface area contributed by atoms with Gasteiger partial charge in [-0.2, -0.15) is 0 Å². The van der Waals surface area contributed by atoms with Crippen LogP contribution in [0.3, 0.4) is 0 Å². The molecule has 6 rings (SSSR count). The molecule has 0 bridgehead atoms. The summed E-state index contributed by atoms with van der Waals surface area (Å²) in [6.07, 6.45) is 8.89. The molecule has 4 heteroatoms. The maximum Gasteiger partial charge on any atom is 0.340 e. The second-order valence-corrected chi connectivity index (χ2v) is 9.83. The first-order valence-corrected chi connectivity index (χ1v) is 13.2. The highest BCUT2D eigenvalue weighted by Crippen LogP contribution is 2.51. The van der Waals surface area contributed by atoms with Crippen LogP contribution in [0.25, 0.3) is 21.8 Å². The predicted molar refractivity (Wildman–Crippen MR) is 145 cm³/mol. The van der Waals surface area contributed by atoms with Crippen molar-refractivity contribution in [3.8, 4) is 0 Å². The molecule has 4 nitrogen and oxygen atoms in total. The van der Waals surface area contributed by atoms with Crippen LogP contribution < -0.4 is 0 Å². The number of hydrogen-bond donors (Lipinski definition) is 0. The van der Waals surface area contributed by atoms with E-state index in [4.69, 9.17) is 4.74 Å². The Kier molecular flexibility index (Phi) is 5.67. The van der Waals surface area contributed by atoms with E-state index < -0.39 is 5.60 Å². The van der Waals surface area contributed by atoms with Crippen molar-refractivity contribution in [2.24, 2.45) is 0 Å². The number of carbonyl (C=O) groups is 1. The largest absolute Gasteiger partial charge is 0.440 e. The fraction of sp³-hybridized carbons (Fsp3) is 0.281. The molecular formula is C32H32N2O2. The summed E-state index contributed by atoms with van der Waals surface area (Å²) in [6, 6.07) is 24.9. The molecule has 0 unspecified atom stereocenters. The normalized spacial score (nSPS) is 14.4. The lowest BCUT2D eigenvalue weighted by atomic mass is 9.79. The highest BCUT2D eigenvalue weighted by molar-refractivity contribution is 6.00. The summed E-state index contributed by atoms with van der Waals surface area (Å²) in [7, 11) is 0. The standard InChI is InChI=1S/C32H32N2O2/c1-3-5-19-33-21-27(23-13-8-11-17-29(23)33)32(26-16-10-7-15-25(26)31(35)36-32)28-22-34(20-6-4-2)30-18-12-9-14-24(28)30/h7-18,21-22H,3-6,19-20H2,1-2H3. The second-order valence-electron chi connectivity index (χ2n) is 9.83. The van der Waals surface area contributed by atoms with Crippen LogP contribution in [0.15, 0.2) is 85.2 Å². The van der Waals surface area contributed by atoms with Crippen molar-refractivity contribution in [1.82, 2.24) is 9.13 Å². The van der Waals surface area contributed by atoms with E-state index in [1.165, 1.54) is 11.0 Å². The van der Waals surface area contributed by atoms with Crippen LogP contribution in [0.1, 0.15) is 66.6 Å². The summed E-state index contributed by atoms with van der Waals surface area (Å²) in [4.78, 5) is 13.4. The summed E-state index contributed by atoms with van der Waals surface area (Å²) in [5.74, 6) is -0.263. The number of nitrogens with zero attached hydrogens (tertiary/aromatic N) is 2. The number of rotatable bonds is 8. The van der Waals surface area contributed by atoms with Gasteiger partial charge in [-0.05, 0) is 31.0 Å². The van der Waals surface area contributed by atoms with Gasteiger partial charge in [-0.3, -0.25) is 0 Å². The number of fused-ring (bicyclic) bond motifs is 3. The number of aryl methyl sites for hydroxylation is 2. The third-order valence-electron chi connectivity index (χ3n) is 7.61. The number of esters is 1. The molecule has 0 radical (unpaired) electrons. The van der Waals surface area contributed by atoms with E-state index in [-0.39, 0.29) is 5.97 Å². The highest BCUT2D eigenvalue weighted by atomic mass is 16.6. The molecule has 1 aliphatic heterocycles. The zero-order valence-electron chi connectivity index (χ0n) is 21.0. The van der Waals surface area contributed by atoms with Crippen LogP contribution in [0.4, 0.5) is 0 Å². The molecule has 0 amide bonds. The van der Waals surface area contributed by atoms with Gasteiger partial charge in [0.05, 0.1) is 5.56 Å². The molecule has 0 atom stereocenters. The van der Waals surface area contributed by atoms with Gasteiger partial charge in [-0.15, -0.1) is 0 Å². The maximum absolute atomic E-state index is 13.4. The average molecular weight is 477 g/mol. The van der Waals surface area contributed by atoms with Crippen LogP contribution >= 0.6 is 0 Å². The summed E-state index contributed by atoms with van der Waals surface area (Å²) in [5.41, 5.74) is 4.98. The molecule has 3 aromatic carbocycles. The summed E-state index contributed by atoms with van der Waals surface area (Å²) >= 11 is 0. The molecule has 5 aromatic rings. The van der Waals surface area contributed by atoms with Crippen molar-refractivity contribution in [3.63, 3.8) is 0 Å². The maximum atomic E-state index is 13.4. The zero-order valence-corrected chi connectivity index (χ0v) is 21.0. The lowest BCUT2D eigenvalue weighted by Gasteiger charge is -2.29. The third kappa shape index (κ3) is 3.31. The number of benzene rings is 3. The number of para-hydroxylation sites is 2. The van der Waals surface area contributed by atoms with Gasteiger partial charge in [0.25, 0.3) is 0 Å². The minimum absolute atomic E-state index is 0.263. The van der Waals surface area contributed by atoms with Crippen molar-refractivity contribution in [3.05, 3.63) is 107 Å². The van der Waals surface area contributed by atoms with Crippen molar-refractivity contribution in [2.75, 3.05) is 0 Å². The summed E-state index contributed by atoms with van der Waals surface area (Å²) in [5, 5.41) is 2.26. The van der Waals surface area contributed by atoms with E-state index in [0.717, 1.165) is 66.2 Å². The molecule has 3 heterocycles.